The van der Waals surface area contributed by atoms with E-state index in [1.807, 2.05) is 0 Å². The summed E-state index contributed by atoms with van der Waals surface area (Å²) in [6.07, 6.45) is 0. The molecule has 0 aromatic heterocycles. The third-order valence-corrected chi connectivity index (χ3v) is 0.646. The van der Waals surface area contributed by atoms with Gasteiger partial charge in [-0.25, -0.2) is 0 Å². The van der Waals surface area contributed by atoms with E-state index in [1.54, 1.807) is 0 Å². The number of carbonyl (C=O) groups is 1. The van der Waals surface area contributed by atoms with Crippen LogP contribution < -0.4 is 29.6 Å². The van der Waals surface area contributed by atoms with Gasteiger partial charge in [-0.1, -0.05) is 0 Å². The van der Waals surface area contributed by atoms with Gasteiger partial charge in [0.25, 0.3) is 0 Å². The van der Waals surface area contributed by atoms with Crippen molar-refractivity contribution in [1.82, 2.24) is 0 Å². The first kappa shape index (κ1) is 11.0. The second-order valence-corrected chi connectivity index (χ2v) is 1.23. The van der Waals surface area contributed by atoms with Crippen molar-refractivity contribution in [2.75, 3.05) is 0 Å². The van der Waals surface area contributed by atoms with Gasteiger partial charge in [-0.05, 0) is 6.92 Å². The molecule has 0 amide bonds. The van der Waals surface area contributed by atoms with E-state index in [0.29, 0.717) is 0 Å². The predicted molar refractivity (Wildman–Crippen MR) is 27.2 cm³/mol. The van der Waals surface area contributed by atoms with E-state index in [4.69, 9.17) is 0 Å². The Labute approximate surface area is 70.1 Å². The molecule has 0 aliphatic heterocycles. The number of ketones is 1. The molecule has 0 heterocycles. The van der Waals surface area contributed by atoms with Crippen LogP contribution in [0, 0.1) is 5.21 Å². The molecule has 0 atom stereocenters. The van der Waals surface area contributed by atoms with Gasteiger partial charge in [-0.3, -0.25) is 4.79 Å². The molecule has 0 aliphatic rings. The Morgan fingerprint density at radius 2 is 1.88 bits per heavy atom. The van der Waals surface area contributed by atoms with Gasteiger partial charge in [-0.15, -0.1) is 0 Å². The maximum absolute atomic E-state index is 10.0. The monoisotopic (exact) mass is 123 g/mol. The summed E-state index contributed by atoms with van der Waals surface area (Å²) in [5.74, 6) is -0.269. The van der Waals surface area contributed by atoms with E-state index in [-0.39, 0.29) is 41.1 Å². The molecule has 0 aromatic carbocycles. The largest absolute Gasteiger partial charge is 1.00 e. The first-order chi connectivity index (χ1) is 3.18. The molecular weight excluding hydrogens is 117 g/mol. The average Bonchev–Trinajstić information content (AvgIpc) is 1.65. The number of hydrogen-bond acceptors (Lipinski definition) is 3. The van der Waals surface area contributed by atoms with Gasteiger partial charge in [0.2, 0.25) is 0 Å². The molecular formula is C4H6NNaO2. The van der Waals surface area contributed by atoms with Crippen molar-refractivity contribution in [2.24, 2.45) is 5.16 Å². The molecule has 0 spiro atoms. The molecule has 40 valence electrons. The molecule has 4 heteroatoms. The first-order valence-electron chi connectivity index (χ1n) is 1.86. The summed E-state index contributed by atoms with van der Waals surface area (Å²) < 4.78 is 0. The van der Waals surface area contributed by atoms with Crippen LogP contribution in [0.1, 0.15) is 13.8 Å². The molecule has 0 N–H and O–H groups in total. The van der Waals surface area contributed by atoms with Crippen LogP contribution in [0.15, 0.2) is 5.16 Å². The van der Waals surface area contributed by atoms with E-state index in [0.717, 1.165) is 0 Å². The second kappa shape index (κ2) is 5.28. The van der Waals surface area contributed by atoms with E-state index < -0.39 is 0 Å². The summed E-state index contributed by atoms with van der Waals surface area (Å²) in [6.45, 7) is 2.69. The second-order valence-electron chi connectivity index (χ2n) is 1.23. The zero-order chi connectivity index (χ0) is 5.86. The maximum atomic E-state index is 10.0. The molecule has 0 aromatic rings. The van der Waals surface area contributed by atoms with Gasteiger partial charge in [0.05, 0.1) is 5.71 Å². The molecule has 0 fully saturated rings. The van der Waals surface area contributed by atoms with Gasteiger partial charge in [0.15, 0.2) is 5.78 Å². The predicted octanol–water partition coefficient (Wildman–Crippen LogP) is -2.46. The number of Topliss-reactive ketones (excluding diaryl/α,β-unsaturated/α-hetero) is 1. The van der Waals surface area contributed by atoms with E-state index >= 15 is 0 Å². The van der Waals surface area contributed by atoms with Crippen molar-refractivity contribution in [3.63, 3.8) is 0 Å². The zero-order valence-electron chi connectivity index (χ0n) is 5.26. The van der Waals surface area contributed by atoms with Crippen LogP contribution in [0.4, 0.5) is 0 Å². The summed E-state index contributed by atoms with van der Waals surface area (Å²) >= 11 is 0. The number of hydrogen-bond donors (Lipinski definition) is 0. The Balaban J connectivity index is 0. The Hall–Kier alpha value is 0.140. The molecule has 3 nitrogen and oxygen atoms in total. The van der Waals surface area contributed by atoms with Crippen LogP contribution >= 0.6 is 0 Å². The van der Waals surface area contributed by atoms with Gasteiger partial charge < -0.3 is 10.4 Å². The van der Waals surface area contributed by atoms with Crippen molar-refractivity contribution in [2.45, 2.75) is 13.8 Å². The summed E-state index contributed by atoms with van der Waals surface area (Å²) in [4.78, 5) is 10.0. The molecule has 8 heavy (non-hydrogen) atoms. The smallest absolute Gasteiger partial charge is 0.792 e. The third-order valence-electron chi connectivity index (χ3n) is 0.646. The molecule has 0 radical (unpaired) electrons. The molecule has 0 aliphatic carbocycles. The van der Waals surface area contributed by atoms with Gasteiger partial charge in [-0.2, -0.15) is 0 Å². The third kappa shape index (κ3) is 4.30. The molecule has 0 saturated carbocycles. The molecule has 0 bridgehead atoms. The zero-order valence-corrected chi connectivity index (χ0v) is 7.26. The van der Waals surface area contributed by atoms with Crippen molar-refractivity contribution >= 4 is 11.5 Å². The Kier molecular flexibility index (Phi) is 7.26. The Morgan fingerprint density at radius 1 is 1.50 bits per heavy atom. The number of rotatable bonds is 1. The molecule has 0 saturated heterocycles. The minimum atomic E-state index is -0.269. The van der Waals surface area contributed by atoms with Crippen LogP contribution in [0.3, 0.4) is 0 Å². The number of carbonyl (C=O) groups excluding carboxylic acids is 1. The fourth-order valence-electron chi connectivity index (χ4n) is 0.0643. The SMILES string of the molecule is CC(=O)/C(C)=N\[O-].[Na+]. The topological polar surface area (TPSA) is 52.5 Å². The van der Waals surface area contributed by atoms with Crippen LogP contribution in [0.2, 0.25) is 0 Å². The summed E-state index contributed by atoms with van der Waals surface area (Å²) in [7, 11) is 0. The number of nitrogens with zero attached hydrogens (tertiary/aromatic N) is 1. The molecule has 0 unspecified atom stereocenters. The van der Waals surface area contributed by atoms with Crippen LogP contribution in [-0.2, 0) is 4.79 Å². The average molecular weight is 123 g/mol. The summed E-state index contributed by atoms with van der Waals surface area (Å²) in [5.41, 5.74) is 0.0278. The quantitative estimate of drug-likeness (QED) is 0.220. The van der Waals surface area contributed by atoms with Crippen molar-refractivity contribution in [1.29, 1.82) is 0 Å². The van der Waals surface area contributed by atoms with Crippen molar-refractivity contribution in [3.05, 3.63) is 5.21 Å². The summed E-state index contributed by atoms with van der Waals surface area (Å²) in [6, 6.07) is 0. The minimum absolute atomic E-state index is 0. The van der Waals surface area contributed by atoms with E-state index in [9.17, 15) is 10.0 Å². The van der Waals surface area contributed by atoms with Crippen molar-refractivity contribution < 1.29 is 34.4 Å². The summed E-state index contributed by atoms with van der Waals surface area (Å²) in [5, 5.41) is 11.8. The Morgan fingerprint density at radius 3 is 1.88 bits per heavy atom. The fraction of sp³-hybridized carbons (Fsp3) is 0.500. The van der Waals surface area contributed by atoms with Gasteiger partial charge >= 0.3 is 29.6 Å². The first-order valence-corrected chi connectivity index (χ1v) is 1.86. The maximum Gasteiger partial charge on any atom is 1.00 e. The van der Waals surface area contributed by atoms with Gasteiger partial charge in [0, 0.05) is 6.92 Å². The van der Waals surface area contributed by atoms with Crippen molar-refractivity contribution in [3.8, 4) is 0 Å². The van der Waals surface area contributed by atoms with Crippen LogP contribution in [0.5, 0.6) is 0 Å². The van der Waals surface area contributed by atoms with E-state index in [1.165, 1.54) is 13.8 Å². The molecule has 0 rings (SSSR count). The van der Waals surface area contributed by atoms with Gasteiger partial charge in [0.1, 0.15) is 0 Å². The normalized spacial score (nSPS) is 10.0. The van der Waals surface area contributed by atoms with E-state index in [2.05, 4.69) is 5.16 Å². The minimum Gasteiger partial charge on any atom is -0.792 e. The van der Waals surface area contributed by atoms with Crippen LogP contribution in [0.25, 0.3) is 0 Å². The van der Waals surface area contributed by atoms with Crippen LogP contribution in [-0.4, -0.2) is 11.5 Å². The Bertz CT molecular complexity index is 111. The fourth-order valence-corrected chi connectivity index (χ4v) is 0.0643. The standard InChI is InChI=1S/C4H7NO2.Na/c1-3(5-7)4(2)6;/h7H,1-2H3;/q;+1/p-1/b5-3-;.